The number of hydrazone groups is 1. The smallest absolute Gasteiger partial charge is 0.187 e. The second-order valence-electron chi connectivity index (χ2n) is 6.59. The molecule has 1 saturated heterocycles. The molecule has 2 rings (SSSR count). The van der Waals surface area contributed by atoms with Gasteiger partial charge in [-0.15, -0.1) is 0 Å². The van der Waals surface area contributed by atoms with Gasteiger partial charge >= 0.3 is 0 Å². The Morgan fingerprint density at radius 3 is 2.68 bits per heavy atom. The van der Waals surface area contributed by atoms with E-state index in [2.05, 4.69) is 60.9 Å². The molecule has 120 valence electrons. The third-order valence-electron chi connectivity index (χ3n) is 3.67. The number of nitrogens with zero attached hydrogens (tertiary/aromatic N) is 1. The molecule has 5 heteroatoms. The Morgan fingerprint density at radius 2 is 2.09 bits per heavy atom. The summed E-state index contributed by atoms with van der Waals surface area (Å²) >= 11 is 5.18. The normalized spacial score (nSPS) is 18.6. The van der Waals surface area contributed by atoms with Gasteiger partial charge in [0, 0.05) is 13.2 Å². The summed E-state index contributed by atoms with van der Waals surface area (Å²) in [6.07, 6.45) is 4.27. The average Bonchev–Trinajstić information content (AvgIpc) is 2.98. The second-order valence-corrected chi connectivity index (χ2v) is 7.00. The molecule has 22 heavy (non-hydrogen) atoms. The summed E-state index contributed by atoms with van der Waals surface area (Å²) in [6, 6.07) is 8.40. The van der Waals surface area contributed by atoms with E-state index < -0.39 is 0 Å². The first-order chi connectivity index (χ1) is 10.4. The lowest BCUT2D eigenvalue weighted by atomic mass is 9.87. The molecule has 1 atom stereocenters. The van der Waals surface area contributed by atoms with Crippen LogP contribution in [0.4, 0.5) is 0 Å². The van der Waals surface area contributed by atoms with Crippen LogP contribution in [0.2, 0.25) is 0 Å². The number of benzene rings is 1. The molecule has 1 fully saturated rings. The number of nitrogens with one attached hydrogen (secondary N) is 2. The van der Waals surface area contributed by atoms with Crippen LogP contribution in [0.3, 0.4) is 0 Å². The summed E-state index contributed by atoms with van der Waals surface area (Å²) in [5.74, 6) is 0. The van der Waals surface area contributed by atoms with Crippen LogP contribution in [0, 0.1) is 0 Å². The van der Waals surface area contributed by atoms with Crippen molar-refractivity contribution in [3.63, 3.8) is 0 Å². The molecule has 1 aliphatic rings. The predicted molar refractivity (Wildman–Crippen MR) is 95.4 cm³/mol. The van der Waals surface area contributed by atoms with Crippen LogP contribution in [-0.2, 0) is 10.2 Å². The molecule has 1 aliphatic heterocycles. The van der Waals surface area contributed by atoms with Gasteiger partial charge in [0.1, 0.15) is 0 Å². The van der Waals surface area contributed by atoms with Gasteiger partial charge in [0.2, 0.25) is 0 Å². The molecule has 2 N–H and O–H groups in total. The Kier molecular flexibility index (Phi) is 5.91. The zero-order valence-corrected chi connectivity index (χ0v) is 14.4. The minimum absolute atomic E-state index is 0.168. The van der Waals surface area contributed by atoms with Crippen LogP contribution in [0.25, 0.3) is 0 Å². The zero-order valence-electron chi connectivity index (χ0n) is 13.6. The highest BCUT2D eigenvalue weighted by Gasteiger charge is 2.15. The lowest BCUT2D eigenvalue weighted by Gasteiger charge is -2.18. The van der Waals surface area contributed by atoms with E-state index in [0.29, 0.717) is 5.11 Å². The highest BCUT2D eigenvalue weighted by atomic mass is 32.1. The Bertz CT molecular complexity index is 514. The van der Waals surface area contributed by atoms with Crippen molar-refractivity contribution in [1.29, 1.82) is 0 Å². The number of hydrogen-bond acceptors (Lipinski definition) is 3. The Labute approximate surface area is 138 Å². The molecule has 1 heterocycles. The summed E-state index contributed by atoms with van der Waals surface area (Å²) < 4.78 is 5.53. The molecule has 4 nitrogen and oxygen atoms in total. The molecule has 0 aliphatic carbocycles. The molecule has 1 aromatic rings. The Morgan fingerprint density at radius 1 is 1.36 bits per heavy atom. The molecule has 0 bridgehead atoms. The maximum atomic E-state index is 5.53. The van der Waals surface area contributed by atoms with E-state index in [-0.39, 0.29) is 11.5 Å². The standard InChI is InChI=1S/C17H25N3OS/c1-17(2,3)14-8-6-13(7-9-14)11-19-20-16(22)18-12-15-5-4-10-21-15/h6-9,11,15H,4-5,10,12H2,1-3H3,(H2,18,20,22)/b19-11+. The van der Waals surface area contributed by atoms with Crippen LogP contribution < -0.4 is 10.7 Å². The SMILES string of the molecule is CC(C)(C)c1ccc(/C=N/NC(=S)NCC2CCCO2)cc1. The van der Waals surface area contributed by atoms with Crippen molar-refractivity contribution in [3.05, 3.63) is 35.4 Å². The molecule has 0 saturated carbocycles. The van der Waals surface area contributed by atoms with Gasteiger partial charge in [-0.05, 0) is 41.6 Å². The van der Waals surface area contributed by atoms with Crippen LogP contribution in [0.15, 0.2) is 29.4 Å². The number of hydrogen-bond donors (Lipinski definition) is 2. The average molecular weight is 319 g/mol. The van der Waals surface area contributed by atoms with Crippen LogP contribution in [-0.4, -0.2) is 30.6 Å². The summed E-state index contributed by atoms with van der Waals surface area (Å²) in [5.41, 5.74) is 5.36. The van der Waals surface area contributed by atoms with E-state index in [1.165, 1.54) is 5.56 Å². The summed E-state index contributed by atoms with van der Waals surface area (Å²) in [5, 5.41) is 7.81. The molecular weight excluding hydrogens is 294 g/mol. The van der Waals surface area contributed by atoms with E-state index in [1.807, 2.05) is 0 Å². The lowest BCUT2D eigenvalue weighted by molar-refractivity contribution is 0.114. The molecule has 0 radical (unpaired) electrons. The van der Waals surface area contributed by atoms with Crippen LogP contribution in [0.1, 0.15) is 44.7 Å². The van der Waals surface area contributed by atoms with Gasteiger partial charge < -0.3 is 10.1 Å². The first-order valence-electron chi connectivity index (χ1n) is 7.74. The third-order valence-corrected chi connectivity index (χ3v) is 3.91. The van der Waals surface area contributed by atoms with E-state index in [1.54, 1.807) is 6.21 Å². The van der Waals surface area contributed by atoms with Crippen molar-refractivity contribution in [2.45, 2.75) is 45.1 Å². The van der Waals surface area contributed by atoms with Crippen molar-refractivity contribution >= 4 is 23.5 Å². The topological polar surface area (TPSA) is 45.7 Å². The predicted octanol–water partition coefficient (Wildman–Crippen LogP) is 2.96. The van der Waals surface area contributed by atoms with Gasteiger partial charge in [0.25, 0.3) is 0 Å². The summed E-state index contributed by atoms with van der Waals surface area (Å²) in [7, 11) is 0. The maximum absolute atomic E-state index is 5.53. The monoisotopic (exact) mass is 319 g/mol. The van der Waals surface area contributed by atoms with E-state index in [0.717, 1.165) is 31.6 Å². The minimum atomic E-state index is 0.168. The third kappa shape index (κ3) is 5.39. The second kappa shape index (κ2) is 7.70. The fourth-order valence-corrected chi connectivity index (χ4v) is 2.42. The zero-order chi connectivity index (χ0) is 16.0. The van der Waals surface area contributed by atoms with Gasteiger partial charge in [-0.25, -0.2) is 0 Å². The van der Waals surface area contributed by atoms with Crippen LogP contribution >= 0.6 is 12.2 Å². The van der Waals surface area contributed by atoms with Gasteiger partial charge in [0.05, 0.1) is 12.3 Å². The fourth-order valence-electron chi connectivity index (χ4n) is 2.29. The molecule has 0 amide bonds. The van der Waals surface area contributed by atoms with Gasteiger partial charge in [-0.3, -0.25) is 5.43 Å². The molecule has 1 aromatic carbocycles. The quantitative estimate of drug-likeness (QED) is 0.509. The van der Waals surface area contributed by atoms with Gasteiger partial charge in [0.15, 0.2) is 5.11 Å². The molecule has 0 spiro atoms. The Hall–Kier alpha value is -1.46. The molecule has 1 unspecified atom stereocenters. The number of thiocarbonyl (C=S) groups is 1. The molecular formula is C17H25N3OS. The summed E-state index contributed by atoms with van der Waals surface area (Å²) in [4.78, 5) is 0. The highest BCUT2D eigenvalue weighted by Crippen LogP contribution is 2.21. The minimum Gasteiger partial charge on any atom is -0.376 e. The van der Waals surface area contributed by atoms with Crippen molar-refractivity contribution in [3.8, 4) is 0 Å². The van der Waals surface area contributed by atoms with E-state index in [9.17, 15) is 0 Å². The van der Waals surface area contributed by atoms with Gasteiger partial charge in [-0.1, -0.05) is 45.0 Å². The van der Waals surface area contributed by atoms with Crippen LogP contribution in [0.5, 0.6) is 0 Å². The van der Waals surface area contributed by atoms with Crippen molar-refractivity contribution in [2.75, 3.05) is 13.2 Å². The Balaban J connectivity index is 1.75. The fraction of sp³-hybridized carbons (Fsp3) is 0.529. The molecule has 0 aromatic heterocycles. The number of ether oxygens (including phenoxy) is 1. The van der Waals surface area contributed by atoms with Crippen molar-refractivity contribution in [2.24, 2.45) is 5.10 Å². The van der Waals surface area contributed by atoms with E-state index >= 15 is 0 Å². The van der Waals surface area contributed by atoms with E-state index in [4.69, 9.17) is 17.0 Å². The van der Waals surface area contributed by atoms with Crippen molar-refractivity contribution in [1.82, 2.24) is 10.7 Å². The maximum Gasteiger partial charge on any atom is 0.187 e. The lowest BCUT2D eigenvalue weighted by Crippen LogP contribution is -2.37. The first kappa shape index (κ1) is 16.9. The van der Waals surface area contributed by atoms with Gasteiger partial charge in [-0.2, -0.15) is 5.10 Å². The van der Waals surface area contributed by atoms with Crippen molar-refractivity contribution < 1.29 is 4.74 Å². The first-order valence-corrected chi connectivity index (χ1v) is 8.15. The largest absolute Gasteiger partial charge is 0.376 e. The highest BCUT2D eigenvalue weighted by molar-refractivity contribution is 7.80. The summed E-state index contributed by atoms with van der Waals surface area (Å²) in [6.45, 7) is 8.21. The number of rotatable bonds is 4.